The number of likely N-dealkylation sites (N-methyl/N-ethyl adjacent to an activating group) is 1. The molecule has 0 radical (unpaired) electrons. The summed E-state index contributed by atoms with van der Waals surface area (Å²) >= 11 is 0. The zero-order valence-corrected chi connectivity index (χ0v) is 11.4. The Hall–Kier alpha value is -1.10. The van der Waals surface area contributed by atoms with Crippen LogP contribution in [0, 0.1) is 6.92 Å². The predicted molar refractivity (Wildman–Crippen MR) is 74.3 cm³/mol. The van der Waals surface area contributed by atoms with Gasteiger partial charge in [0.25, 0.3) is 0 Å². The Kier molecular flexibility index (Phi) is 5.14. The summed E-state index contributed by atoms with van der Waals surface area (Å²) in [5.74, 6) is -0.0828. The molecule has 1 aromatic rings. The van der Waals surface area contributed by atoms with Gasteiger partial charge in [-0.2, -0.15) is 0 Å². The van der Waals surface area contributed by atoms with Crippen molar-refractivity contribution in [2.75, 3.05) is 18.5 Å². The summed E-state index contributed by atoms with van der Waals surface area (Å²) in [5.41, 5.74) is 1.97. The molecule has 1 aliphatic rings. The van der Waals surface area contributed by atoms with Crippen LogP contribution in [0.3, 0.4) is 0 Å². The van der Waals surface area contributed by atoms with E-state index in [2.05, 4.69) is 5.32 Å². The van der Waals surface area contributed by atoms with Gasteiger partial charge in [0.15, 0.2) is 0 Å². The first-order valence-corrected chi connectivity index (χ1v) is 5.85. The van der Waals surface area contributed by atoms with Crippen molar-refractivity contribution in [1.82, 2.24) is 5.32 Å². The van der Waals surface area contributed by atoms with Gasteiger partial charge in [0, 0.05) is 12.7 Å². The molecule has 1 aromatic carbocycles. The fraction of sp³-hybridized carbons (Fsp3) is 0.462. The van der Waals surface area contributed by atoms with E-state index < -0.39 is 12.1 Å². The molecule has 1 heterocycles. The van der Waals surface area contributed by atoms with Crippen molar-refractivity contribution in [3.63, 3.8) is 0 Å². The normalized spacial score (nSPS) is 22.4. The second-order valence-electron chi connectivity index (χ2n) is 4.52. The number of nitrogens with zero attached hydrogens (tertiary/aromatic N) is 1. The quantitative estimate of drug-likeness (QED) is 0.846. The number of halogens is 1. The van der Waals surface area contributed by atoms with Crippen LogP contribution in [0.15, 0.2) is 24.3 Å². The molecule has 2 rings (SSSR count). The Bertz CT molecular complexity index is 425. The maximum absolute atomic E-state index is 12.2. The second kappa shape index (κ2) is 6.18. The molecular weight excluding hydrogens is 252 g/mol. The molecule has 1 fully saturated rings. The standard InChI is InChI=1S/C13H18N2O2.ClH/c1-9-4-3-5-10(8-9)15(2)13(17)12-11(16)6-7-14-12;/h3-5,8,11-12,14,16H,6-7H2,1-2H3;1H/t11-,12+;/m1./s1. The van der Waals surface area contributed by atoms with Gasteiger partial charge in [-0.3, -0.25) is 4.79 Å². The van der Waals surface area contributed by atoms with Crippen LogP contribution in [0.2, 0.25) is 0 Å². The second-order valence-corrected chi connectivity index (χ2v) is 4.52. The van der Waals surface area contributed by atoms with Gasteiger partial charge in [-0.25, -0.2) is 0 Å². The third-order valence-electron chi connectivity index (χ3n) is 3.17. The molecule has 1 amide bonds. The molecule has 100 valence electrons. The summed E-state index contributed by atoms with van der Waals surface area (Å²) in [7, 11) is 1.74. The molecule has 4 nitrogen and oxygen atoms in total. The van der Waals surface area contributed by atoms with E-state index in [0.29, 0.717) is 13.0 Å². The van der Waals surface area contributed by atoms with E-state index in [4.69, 9.17) is 0 Å². The fourth-order valence-electron chi connectivity index (χ4n) is 2.11. The number of rotatable bonds is 2. The highest BCUT2D eigenvalue weighted by molar-refractivity contribution is 5.97. The summed E-state index contributed by atoms with van der Waals surface area (Å²) in [6, 6.07) is 7.30. The number of aryl methyl sites for hydroxylation is 1. The summed E-state index contributed by atoms with van der Waals surface area (Å²) in [4.78, 5) is 13.8. The van der Waals surface area contributed by atoms with E-state index >= 15 is 0 Å². The number of benzene rings is 1. The minimum Gasteiger partial charge on any atom is -0.391 e. The van der Waals surface area contributed by atoms with E-state index in [1.54, 1.807) is 11.9 Å². The van der Waals surface area contributed by atoms with Gasteiger partial charge < -0.3 is 15.3 Å². The highest BCUT2D eigenvalue weighted by atomic mass is 35.5. The average molecular weight is 271 g/mol. The highest BCUT2D eigenvalue weighted by Crippen LogP contribution is 2.17. The Morgan fingerprint density at radius 2 is 2.22 bits per heavy atom. The lowest BCUT2D eigenvalue weighted by Crippen LogP contribution is -2.46. The van der Waals surface area contributed by atoms with Crippen LogP contribution in [0.4, 0.5) is 5.69 Å². The number of hydrogen-bond donors (Lipinski definition) is 2. The van der Waals surface area contributed by atoms with Crippen LogP contribution in [-0.4, -0.2) is 36.8 Å². The summed E-state index contributed by atoms with van der Waals surface area (Å²) in [6.07, 6.45) is 0.0627. The number of nitrogens with one attached hydrogen (secondary N) is 1. The summed E-state index contributed by atoms with van der Waals surface area (Å²) in [6.45, 7) is 2.68. The molecule has 2 N–H and O–H groups in total. The van der Waals surface area contributed by atoms with E-state index in [-0.39, 0.29) is 18.3 Å². The lowest BCUT2D eigenvalue weighted by molar-refractivity contribution is -0.121. The van der Waals surface area contributed by atoms with Gasteiger partial charge in [0.1, 0.15) is 6.04 Å². The Labute approximate surface area is 113 Å². The topological polar surface area (TPSA) is 52.6 Å². The molecule has 0 spiro atoms. The lowest BCUT2D eigenvalue weighted by atomic mass is 10.1. The number of carbonyl (C=O) groups is 1. The van der Waals surface area contributed by atoms with Crippen molar-refractivity contribution in [3.8, 4) is 0 Å². The molecule has 0 aromatic heterocycles. The van der Waals surface area contributed by atoms with Crippen LogP contribution in [0.25, 0.3) is 0 Å². The zero-order chi connectivity index (χ0) is 12.4. The van der Waals surface area contributed by atoms with Crippen molar-refractivity contribution in [3.05, 3.63) is 29.8 Å². The number of aliphatic hydroxyl groups excluding tert-OH is 1. The fourth-order valence-corrected chi connectivity index (χ4v) is 2.11. The van der Waals surface area contributed by atoms with Crippen LogP contribution in [-0.2, 0) is 4.79 Å². The van der Waals surface area contributed by atoms with Crippen LogP contribution < -0.4 is 10.2 Å². The maximum Gasteiger partial charge on any atom is 0.246 e. The van der Waals surface area contributed by atoms with Crippen molar-refractivity contribution in [1.29, 1.82) is 0 Å². The van der Waals surface area contributed by atoms with E-state index in [1.165, 1.54) is 0 Å². The minimum absolute atomic E-state index is 0. The van der Waals surface area contributed by atoms with Gasteiger partial charge >= 0.3 is 0 Å². The third kappa shape index (κ3) is 3.02. The number of amides is 1. The maximum atomic E-state index is 12.2. The van der Waals surface area contributed by atoms with Gasteiger partial charge in [-0.15, -0.1) is 12.4 Å². The van der Waals surface area contributed by atoms with E-state index in [1.807, 2.05) is 31.2 Å². The minimum atomic E-state index is -0.574. The first-order valence-electron chi connectivity index (χ1n) is 5.85. The van der Waals surface area contributed by atoms with Crippen LogP contribution >= 0.6 is 12.4 Å². The molecule has 0 aliphatic carbocycles. The van der Waals surface area contributed by atoms with Gasteiger partial charge in [0.05, 0.1) is 6.10 Å². The van der Waals surface area contributed by atoms with Crippen molar-refractivity contribution < 1.29 is 9.90 Å². The molecule has 5 heteroatoms. The molecule has 1 aliphatic heterocycles. The first kappa shape index (κ1) is 15.0. The number of anilines is 1. The first-order chi connectivity index (χ1) is 8.09. The van der Waals surface area contributed by atoms with E-state index in [0.717, 1.165) is 11.3 Å². The molecular formula is C13H19ClN2O2. The molecule has 18 heavy (non-hydrogen) atoms. The third-order valence-corrected chi connectivity index (χ3v) is 3.17. The van der Waals surface area contributed by atoms with Crippen LogP contribution in [0.1, 0.15) is 12.0 Å². The monoisotopic (exact) mass is 270 g/mol. The molecule has 0 saturated carbocycles. The molecule has 2 atom stereocenters. The lowest BCUT2D eigenvalue weighted by Gasteiger charge is -2.23. The van der Waals surface area contributed by atoms with E-state index in [9.17, 15) is 9.90 Å². The van der Waals surface area contributed by atoms with Crippen molar-refractivity contribution in [2.24, 2.45) is 0 Å². The predicted octanol–water partition coefficient (Wildman–Crippen LogP) is 1.10. The Morgan fingerprint density at radius 3 is 2.78 bits per heavy atom. The molecule has 0 bridgehead atoms. The molecule has 1 saturated heterocycles. The average Bonchev–Trinajstić information content (AvgIpc) is 2.73. The SMILES string of the molecule is Cc1cccc(N(C)C(=O)[C@H]2NCC[C@H]2O)c1.Cl. The van der Waals surface area contributed by atoms with Gasteiger partial charge in [-0.05, 0) is 37.6 Å². The Morgan fingerprint density at radius 1 is 1.50 bits per heavy atom. The Balaban J connectivity index is 0.00000162. The van der Waals surface area contributed by atoms with Crippen molar-refractivity contribution >= 4 is 24.0 Å². The number of carbonyl (C=O) groups excluding carboxylic acids is 1. The zero-order valence-electron chi connectivity index (χ0n) is 10.6. The van der Waals surface area contributed by atoms with Gasteiger partial charge in [-0.1, -0.05) is 12.1 Å². The van der Waals surface area contributed by atoms with Crippen LogP contribution in [0.5, 0.6) is 0 Å². The number of hydrogen-bond acceptors (Lipinski definition) is 3. The highest BCUT2D eigenvalue weighted by Gasteiger charge is 2.33. The number of aliphatic hydroxyl groups is 1. The van der Waals surface area contributed by atoms with Gasteiger partial charge in [0.2, 0.25) is 5.91 Å². The summed E-state index contributed by atoms with van der Waals surface area (Å²) < 4.78 is 0. The summed E-state index contributed by atoms with van der Waals surface area (Å²) in [5, 5.41) is 12.7. The smallest absolute Gasteiger partial charge is 0.246 e. The van der Waals surface area contributed by atoms with Crippen molar-refractivity contribution in [2.45, 2.75) is 25.5 Å². The molecule has 0 unspecified atom stereocenters. The largest absolute Gasteiger partial charge is 0.391 e.